The number of pyridine rings is 1. The van der Waals surface area contributed by atoms with Crippen LogP contribution in [0.2, 0.25) is 0 Å². The molecule has 1 saturated heterocycles. The van der Waals surface area contributed by atoms with Gasteiger partial charge in [-0.1, -0.05) is 19.1 Å². The van der Waals surface area contributed by atoms with Crippen molar-refractivity contribution in [2.45, 2.75) is 31.3 Å². The maximum absolute atomic E-state index is 9.18. The molecule has 1 aromatic carbocycles. The van der Waals surface area contributed by atoms with Crippen molar-refractivity contribution in [1.82, 2.24) is 27.8 Å². The molecule has 1 unspecified atom stereocenters. The summed E-state index contributed by atoms with van der Waals surface area (Å²) in [6.45, 7) is 5.79. The fraction of sp³-hybridized carbons (Fsp3) is 0.360. The molecule has 172 valence electrons. The maximum atomic E-state index is 9.18. The van der Waals surface area contributed by atoms with Crippen LogP contribution in [-0.4, -0.2) is 60.5 Å². The summed E-state index contributed by atoms with van der Waals surface area (Å²) in [6, 6.07) is 15.0. The molecule has 2 atom stereocenters. The van der Waals surface area contributed by atoms with Gasteiger partial charge in [0.1, 0.15) is 12.1 Å². The van der Waals surface area contributed by atoms with Gasteiger partial charge >= 0.3 is 0 Å². The van der Waals surface area contributed by atoms with Gasteiger partial charge < -0.3 is 9.80 Å². The number of anilines is 1. The minimum Gasteiger partial charge on any atom is -0.362 e. The van der Waals surface area contributed by atoms with Crippen LogP contribution in [-0.2, 0) is 12.0 Å². The number of likely N-dealkylation sites (N-methyl/N-ethyl adjacent to an activating group) is 1. The van der Waals surface area contributed by atoms with Crippen molar-refractivity contribution < 1.29 is 0 Å². The number of fused-ring (bicyclic) bond motifs is 5. The van der Waals surface area contributed by atoms with Gasteiger partial charge in [0.2, 0.25) is 0 Å². The molecule has 0 spiro atoms. The number of benzene rings is 1. The lowest BCUT2D eigenvalue weighted by atomic mass is 9.83. The maximum Gasteiger partial charge on any atom is 0.184 e. The SMILES string of the molecule is CN(I)[C@@H]1CCN(c2ccc3c(n2)CN2CC(C)(c4ccc(C#N)cc4)C=C2c2nncn2-3)C1. The molecule has 0 amide bonds. The molecule has 1 fully saturated rings. The van der Waals surface area contributed by atoms with Crippen LogP contribution in [0.1, 0.15) is 36.0 Å². The minimum absolute atomic E-state index is 0.192. The third-order valence-corrected chi connectivity index (χ3v) is 8.08. The monoisotopic (exact) mass is 564 g/mol. The lowest BCUT2D eigenvalue weighted by Crippen LogP contribution is -2.30. The fourth-order valence-electron chi connectivity index (χ4n) is 5.37. The van der Waals surface area contributed by atoms with E-state index < -0.39 is 0 Å². The molecule has 6 rings (SSSR count). The highest BCUT2D eigenvalue weighted by atomic mass is 127. The van der Waals surface area contributed by atoms with Crippen LogP contribution in [0.25, 0.3) is 11.4 Å². The van der Waals surface area contributed by atoms with E-state index in [9.17, 15) is 5.26 Å². The second kappa shape index (κ2) is 8.06. The standard InChI is InChI=1S/C25H25IN8/c1-25(18-5-3-17(12-27)4-6-18)11-22-24-30-28-16-34(24)21-7-8-23(29-20(21)14-33(22)15-25)32-10-9-19(13-32)31(2)26/h3-8,11,16,19H,9-10,13-15H2,1-2H3/t19-,25?/m1/s1. The second-order valence-electron chi connectivity index (χ2n) is 9.57. The Bertz CT molecular complexity index is 1320. The number of halogens is 1. The van der Waals surface area contributed by atoms with Crippen LogP contribution in [0.4, 0.5) is 5.82 Å². The van der Waals surface area contributed by atoms with Gasteiger partial charge in [0, 0.05) is 54.0 Å². The number of aromatic nitrogens is 4. The zero-order valence-corrected chi connectivity index (χ0v) is 21.3. The summed E-state index contributed by atoms with van der Waals surface area (Å²) < 4.78 is 4.34. The van der Waals surface area contributed by atoms with Crippen molar-refractivity contribution >= 4 is 34.4 Å². The van der Waals surface area contributed by atoms with Crippen molar-refractivity contribution in [2.24, 2.45) is 0 Å². The predicted octanol–water partition coefficient (Wildman–Crippen LogP) is 3.52. The van der Waals surface area contributed by atoms with E-state index in [2.05, 4.69) is 101 Å². The highest BCUT2D eigenvalue weighted by molar-refractivity contribution is 14.1. The number of hydrogen-bond donors (Lipinski definition) is 0. The van der Waals surface area contributed by atoms with E-state index in [0.717, 1.165) is 54.8 Å². The van der Waals surface area contributed by atoms with Gasteiger partial charge in [-0.05, 0) is 49.4 Å². The van der Waals surface area contributed by atoms with Crippen LogP contribution in [0.15, 0.2) is 48.8 Å². The molecule has 2 aromatic heterocycles. The predicted molar refractivity (Wildman–Crippen MR) is 138 cm³/mol. The van der Waals surface area contributed by atoms with E-state index in [1.807, 2.05) is 12.1 Å². The molecular weight excluding hydrogens is 539 g/mol. The second-order valence-corrected chi connectivity index (χ2v) is 11.1. The topological polar surface area (TPSA) is 77.1 Å². The Morgan fingerprint density at radius 1 is 1.18 bits per heavy atom. The average molecular weight is 564 g/mol. The molecule has 0 radical (unpaired) electrons. The molecule has 0 N–H and O–H groups in total. The van der Waals surface area contributed by atoms with Gasteiger partial charge in [-0.3, -0.25) is 4.57 Å². The van der Waals surface area contributed by atoms with Crippen LogP contribution >= 0.6 is 22.9 Å². The molecule has 9 heteroatoms. The Hall–Kier alpha value is -2.97. The summed E-state index contributed by atoms with van der Waals surface area (Å²) >= 11 is 2.38. The number of nitriles is 1. The van der Waals surface area contributed by atoms with Crippen molar-refractivity contribution in [2.75, 3.05) is 31.6 Å². The lowest BCUT2D eigenvalue weighted by molar-refractivity contribution is 0.358. The Morgan fingerprint density at radius 2 is 2.00 bits per heavy atom. The Balaban J connectivity index is 1.37. The molecule has 3 aliphatic rings. The van der Waals surface area contributed by atoms with Gasteiger partial charge in [-0.2, -0.15) is 5.26 Å². The Morgan fingerprint density at radius 3 is 2.74 bits per heavy atom. The van der Waals surface area contributed by atoms with Crippen molar-refractivity contribution in [3.63, 3.8) is 0 Å². The molecule has 8 nitrogen and oxygen atoms in total. The van der Waals surface area contributed by atoms with E-state index in [1.165, 1.54) is 5.56 Å². The smallest absolute Gasteiger partial charge is 0.184 e. The Kier molecular flexibility index (Phi) is 5.11. The van der Waals surface area contributed by atoms with Gasteiger partial charge in [0.25, 0.3) is 0 Å². The molecule has 0 saturated carbocycles. The molecule has 3 aliphatic heterocycles. The van der Waals surface area contributed by atoms with Gasteiger partial charge in [0.15, 0.2) is 5.82 Å². The summed E-state index contributed by atoms with van der Waals surface area (Å²) in [5, 5.41) is 17.9. The lowest BCUT2D eigenvalue weighted by Gasteiger charge is -2.27. The first-order valence-electron chi connectivity index (χ1n) is 11.5. The van der Waals surface area contributed by atoms with E-state index in [4.69, 9.17) is 4.98 Å². The van der Waals surface area contributed by atoms with E-state index >= 15 is 0 Å². The van der Waals surface area contributed by atoms with Crippen molar-refractivity contribution in [1.29, 1.82) is 5.26 Å². The Labute approximate surface area is 213 Å². The first kappa shape index (κ1) is 21.6. The summed E-state index contributed by atoms with van der Waals surface area (Å²) in [7, 11) is 2.14. The third-order valence-electron chi connectivity index (χ3n) is 7.29. The largest absolute Gasteiger partial charge is 0.362 e. The highest BCUT2D eigenvalue weighted by Gasteiger charge is 2.39. The third kappa shape index (κ3) is 3.47. The van der Waals surface area contributed by atoms with Gasteiger partial charge in [-0.15, -0.1) is 10.2 Å². The molecule has 34 heavy (non-hydrogen) atoms. The van der Waals surface area contributed by atoms with Crippen molar-refractivity contribution in [3.05, 3.63) is 71.4 Å². The summed E-state index contributed by atoms with van der Waals surface area (Å²) in [6.07, 6.45) is 5.23. The van der Waals surface area contributed by atoms with E-state index in [-0.39, 0.29) is 5.41 Å². The molecular formula is C25H25IN8. The highest BCUT2D eigenvalue weighted by Crippen LogP contribution is 2.42. The van der Waals surface area contributed by atoms with Crippen LogP contribution in [0.5, 0.6) is 0 Å². The number of hydrogen-bond acceptors (Lipinski definition) is 7. The van der Waals surface area contributed by atoms with Gasteiger partial charge in [-0.25, -0.2) is 8.10 Å². The molecule has 0 aliphatic carbocycles. The fourth-order valence-corrected chi connectivity index (χ4v) is 5.82. The first-order valence-corrected chi connectivity index (χ1v) is 12.4. The normalized spacial score (nSPS) is 23.3. The van der Waals surface area contributed by atoms with Crippen LogP contribution in [0.3, 0.4) is 0 Å². The summed E-state index contributed by atoms with van der Waals surface area (Å²) in [5.74, 6) is 1.88. The zero-order valence-electron chi connectivity index (χ0n) is 19.2. The van der Waals surface area contributed by atoms with Crippen LogP contribution < -0.4 is 4.90 Å². The zero-order chi connectivity index (χ0) is 23.4. The number of nitrogens with zero attached hydrogens (tertiary/aromatic N) is 8. The van der Waals surface area contributed by atoms with E-state index in [0.29, 0.717) is 18.2 Å². The molecule has 0 bridgehead atoms. The quantitative estimate of drug-likeness (QED) is 0.356. The number of rotatable bonds is 3. The first-order chi connectivity index (χ1) is 16.4. The van der Waals surface area contributed by atoms with Gasteiger partial charge in [0.05, 0.1) is 35.3 Å². The summed E-state index contributed by atoms with van der Waals surface area (Å²) in [4.78, 5) is 9.91. The minimum atomic E-state index is -0.192. The summed E-state index contributed by atoms with van der Waals surface area (Å²) in [5.41, 5.74) is 4.83. The van der Waals surface area contributed by atoms with E-state index in [1.54, 1.807) is 6.33 Å². The average Bonchev–Trinajstić information content (AvgIpc) is 3.57. The molecule has 3 aromatic rings. The van der Waals surface area contributed by atoms with Crippen molar-refractivity contribution in [3.8, 4) is 11.8 Å². The van der Waals surface area contributed by atoms with Crippen LogP contribution in [0, 0.1) is 11.3 Å². The molecule has 5 heterocycles.